The topological polar surface area (TPSA) is 55.6 Å². The molecule has 21 heavy (non-hydrogen) atoms. The van der Waals surface area contributed by atoms with E-state index in [0.717, 1.165) is 20.0 Å². The van der Waals surface area contributed by atoms with E-state index in [4.69, 9.17) is 5.73 Å². The number of ether oxygens (including phenoxy) is 1. The van der Waals surface area contributed by atoms with E-state index in [1.165, 1.54) is 12.1 Å². The van der Waals surface area contributed by atoms with Crippen LogP contribution in [-0.2, 0) is 4.74 Å². The van der Waals surface area contributed by atoms with Crippen molar-refractivity contribution in [3.05, 3.63) is 29.3 Å². The maximum atomic E-state index is 14.3. The van der Waals surface area contributed by atoms with Crippen molar-refractivity contribution in [2.75, 3.05) is 25.1 Å². The number of hydrogen-bond acceptors (Lipinski definition) is 4. The Hall–Kier alpha value is -1.69. The molecule has 6 heteroatoms. The Balaban J connectivity index is 2.36. The van der Waals surface area contributed by atoms with Crippen molar-refractivity contribution in [1.29, 1.82) is 0 Å². The van der Waals surface area contributed by atoms with E-state index in [1.807, 2.05) is 0 Å². The van der Waals surface area contributed by atoms with Crippen LogP contribution in [0.5, 0.6) is 0 Å². The summed E-state index contributed by atoms with van der Waals surface area (Å²) in [5.74, 6) is -2.57. The van der Waals surface area contributed by atoms with Crippen LogP contribution in [-0.4, -0.2) is 32.2 Å². The predicted octanol–water partition coefficient (Wildman–Crippen LogP) is 2.31. The van der Waals surface area contributed by atoms with Crippen LogP contribution in [0, 0.1) is 17.6 Å². The summed E-state index contributed by atoms with van der Waals surface area (Å²) in [5.41, 5.74) is 5.51. The summed E-state index contributed by atoms with van der Waals surface area (Å²) < 4.78 is 32.7. The normalized spacial score (nSPS) is 22.2. The molecule has 2 rings (SSSR count). The van der Waals surface area contributed by atoms with Crippen LogP contribution < -0.4 is 10.6 Å². The van der Waals surface area contributed by atoms with E-state index < -0.39 is 23.2 Å². The summed E-state index contributed by atoms with van der Waals surface area (Å²) in [7, 11) is 1.13. The quantitative estimate of drug-likeness (QED) is 0.870. The average molecular weight is 298 g/mol. The van der Waals surface area contributed by atoms with Gasteiger partial charge in [-0.15, -0.1) is 0 Å². The van der Waals surface area contributed by atoms with Gasteiger partial charge in [0.05, 0.1) is 18.4 Å². The number of anilines is 1. The third-order valence-corrected chi connectivity index (χ3v) is 4.03. The van der Waals surface area contributed by atoms with Gasteiger partial charge in [-0.25, -0.2) is 13.6 Å². The van der Waals surface area contributed by atoms with E-state index in [1.54, 1.807) is 4.90 Å². The number of methoxy groups -OCH3 is 1. The highest BCUT2D eigenvalue weighted by Crippen LogP contribution is 2.31. The first-order valence-corrected chi connectivity index (χ1v) is 7.02. The van der Waals surface area contributed by atoms with Gasteiger partial charge in [-0.1, -0.05) is 6.92 Å². The molecule has 1 aromatic rings. The lowest BCUT2D eigenvalue weighted by Crippen LogP contribution is -2.46. The number of nitrogens with two attached hydrogens (primary N) is 1. The molecule has 0 amide bonds. The molecule has 1 aromatic carbocycles. The number of carbonyl (C=O) groups excluding carboxylic acids is 1. The third kappa shape index (κ3) is 3.00. The van der Waals surface area contributed by atoms with Gasteiger partial charge in [0.25, 0.3) is 0 Å². The first-order chi connectivity index (χ1) is 9.99. The summed E-state index contributed by atoms with van der Waals surface area (Å²) in [6.07, 6.45) is 1.74. The molecular formula is C15H20F2N2O2. The molecule has 0 bridgehead atoms. The zero-order valence-corrected chi connectivity index (χ0v) is 12.2. The number of piperidine rings is 1. The fourth-order valence-corrected chi connectivity index (χ4v) is 2.82. The molecule has 2 atom stereocenters. The van der Waals surface area contributed by atoms with Crippen LogP contribution in [0.25, 0.3) is 0 Å². The number of esters is 1. The third-order valence-electron chi connectivity index (χ3n) is 4.03. The Morgan fingerprint density at radius 2 is 2.14 bits per heavy atom. The van der Waals surface area contributed by atoms with Gasteiger partial charge in [0, 0.05) is 19.1 Å². The fourth-order valence-electron chi connectivity index (χ4n) is 2.82. The molecule has 0 saturated carbocycles. The molecule has 1 aliphatic heterocycles. The Kier molecular flexibility index (Phi) is 4.77. The summed E-state index contributed by atoms with van der Waals surface area (Å²) in [5, 5.41) is 0. The largest absolute Gasteiger partial charge is 0.465 e. The maximum absolute atomic E-state index is 14.3. The number of rotatable bonds is 3. The van der Waals surface area contributed by atoms with Crippen molar-refractivity contribution in [3.8, 4) is 0 Å². The Morgan fingerprint density at radius 1 is 1.43 bits per heavy atom. The molecule has 1 aliphatic rings. The minimum absolute atomic E-state index is 0.0216. The minimum atomic E-state index is -1.17. The first-order valence-electron chi connectivity index (χ1n) is 7.02. The number of carbonyl (C=O) groups is 1. The number of nitrogens with zero attached hydrogens (tertiary/aromatic N) is 1. The molecule has 1 heterocycles. The summed E-state index contributed by atoms with van der Waals surface area (Å²) in [4.78, 5) is 13.2. The van der Waals surface area contributed by atoms with Gasteiger partial charge in [-0.2, -0.15) is 0 Å². The Labute approximate surface area is 122 Å². The number of hydrogen-bond donors (Lipinski definition) is 1. The van der Waals surface area contributed by atoms with Crippen LogP contribution in [0.4, 0.5) is 14.5 Å². The van der Waals surface area contributed by atoms with Crippen molar-refractivity contribution < 1.29 is 18.3 Å². The molecule has 2 N–H and O–H groups in total. The summed E-state index contributed by atoms with van der Waals surface area (Å²) in [6.45, 7) is 3.12. The standard InChI is InChI=1S/C15H20F2N2O2/c1-9-5-6-19(10(7-9)8-18)12-4-3-11(15(20)21-2)13(16)14(12)17/h3-4,9-10H,5-8,18H2,1-2H3. The highest BCUT2D eigenvalue weighted by atomic mass is 19.2. The highest BCUT2D eigenvalue weighted by Gasteiger charge is 2.29. The molecule has 0 aliphatic carbocycles. The van der Waals surface area contributed by atoms with Gasteiger partial charge in [0.15, 0.2) is 11.6 Å². The lowest BCUT2D eigenvalue weighted by molar-refractivity contribution is 0.0594. The molecule has 0 spiro atoms. The van der Waals surface area contributed by atoms with Crippen molar-refractivity contribution in [2.45, 2.75) is 25.8 Å². The second-order valence-electron chi connectivity index (χ2n) is 5.46. The lowest BCUT2D eigenvalue weighted by atomic mass is 9.92. The van der Waals surface area contributed by atoms with E-state index in [0.29, 0.717) is 19.0 Å². The molecule has 1 fully saturated rings. The number of benzene rings is 1. The second kappa shape index (κ2) is 6.39. The van der Waals surface area contributed by atoms with E-state index in [-0.39, 0.29) is 11.7 Å². The highest BCUT2D eigenvalue weighted by molar-refractivity contribution is 5.90. The molecule has 116 valence electrons. The van der Waals surface area contributed by atoms with Crippen LogP contribution in [0.2, 0.25) is 0 Å². The van der Waals surface area contributed by atoms with Crippen LogP contribution >= 0.6 is 0 Å². The minimum Gasteiger partial charge on any atom is -0.465 e. The second-order valence-corrected chi connectivity index (χ2v) is 5.46. The van der Waals surface area contributed by atoms with Gasteiger partial charge >= 0.3 is 5.97 Å². The first kappa shape index (κ1) is 15.7. The Bertz CT molecular complexity index is 537. The maximum Gasteiger partial charge on any atom is 0.340 e. The SMILES string of the molecule is COC(=O)c1ccc(N2CCC(C)CC2CN)c(F)c1F. The van der Waals surface area contributed by atoms with Crippen molar-refractivity contribution >= 4 is 11.7 Å². The van der Waals surface area contributed by atoms with Crippen molar-refractivity contribution in [3.63, 3.8) is 0 Å². The van der Waals surface area contributed by atoms with Gasteiger partial charge < -0.3 is 15.4 Å². The van der Waals surface area contributed by atoms with Crippen molar-refractivity contribution in [1.82, 2.24) is 0 Å². The van der Waals surface area contributed by atoms with E-state index in [9.17, 15) is 13.6 Å². The fraction of sp³-hybridized carbons (Fsp3) is 0.533. The zero-order valence-electron chi connectivity index (χ0n) is 12.2. The van der Waals surface area contributed by atoms with Crippen LogP contribution in [0.1, 0.15) is 30.1 Å². The Morgan fingerprint density at radius 3 is 2.76 bits per heavy atom. The van der Waals surface area contributed by atoms with Gasteiger partial charge in [-0.05, 0) is 30.9 Å². The summed E-state index contributed by atoms with van der Waals surface area (Å²) in [6, 6.07) is 2.65. The van der Waals surface area contributed by atoms with Crippen molar-refractivity contribution in [2.24, 2.45) is 11.7 Å². The van der Waals surface area contributed by atoms with Gasteiger partial charge in [-0.3, -0.25) is 0 Å². The molecule has 0 aromatic heterocycles. The van der Waals surface area contributed by atoms with Gasteiger partial charge in [0.2, 0.25) is 0 Å². The molecule has 1 saturated heterocycles. The van der Waals surface area contributed by atoms with Crippen LogP contribution in [0.15, 0.2) is 12.1 Å². The van der Waals surface area contributed by atoms with Crippen LogP contribution in [0.3, 0.4) is 0 Å². The molecular weight excluding hydrogens is 278 g/mol. The lowest BCUT2D eigenvalue weighted by Gasteiger charge is -2.39. The molecule has 4 nitrogen and oxygen atoms in total. The van der Waals surface area contributed by atoms with Gasteiger partial charge in [0.1, 0.15) is 0 Å². The number of halogens is 2. The molecule has 0 radical (unpaired) electrons. The smallest absolute Gasteiger partial charge is 0.340 e. The average Bonchev–Trinajstić information content (AvgIpc) is 2.49. The van der Waals surface area contributed by atoms with E-state index >= 15 is 0 Å². The molecule has 2 unspecified atom stereocenters. The monoisotopic (exact) mass is 298 g/mol. The summed E-state index contributed by atoms with van der Waals surface area (Å²) >= 11 is 0. The predicted molar refractivity (Wildman–Crippen MR) is 76.3 cm³/mol. The zero-order chi connectivity index (χ0) is 15.6. The van der Waals surface area contributed by atoms with E-state index in [2.05, 4.69) is 11.7 Å².